The maximum Gasteiger partial charge on any atom is 0.411 e. The summed E-state index contributed by atoms with van der Waals surface area (Å²) >= 11 is 0. The van der Waals surface area contributed by atoms with Gasteiger partial charge in [-0.25, -0.2) is 5.06 Å². The van der Waals surface area contributed by atoms with Gasteiger partial charge >= 0.3 is 6.18 Å². The van der Waals surface area contributed by atoms with Gasteiger partial charge in [-0.05, 0) is 6.92 Å². The average molecular weight is 215 g/mol. The summed E-state index contributed by atoms with van der Waals surface area (Å²) in [5.41, 5.74) is 0. The van der Waals surface area contributed by atoms with Gasteiger partial charge in [-0.15, -0.1) is 0 Å². The minimum Gasteiger partial charge on any atom is -0.359 e. The van der Waals surface area contributed by atoms with Gasteiger partial charge in [0.15, 0.2) is 0 Å². The summed E-state index contributed by atoms with van der Waals surface area (Å²) in [6, 6.07) is 0. The van der Waals surface area contributed by atoms with Gasteiger partial charge in [-0.2, -0.15) is 13.2 Å². The lowest BCUT2D eigenvalue weighted by Crippen LogP contribution is -2.37. The summed E-state index contributed by atoms with van der Waals surface area (Å²) in [4.78, 5) is 15.6. The third-order valence-corrected chi connectivity index (χ3v) is 1.43. The van der Waals surface area contributed by atoms with E-state index in [1.54, 1.807) is 0 Å². The highest BCUT2D eigenvalue weighted by Gasteiger charge is 2.30. The van der Waals surface area contributed by atoms with Crippen molar-refractivity contribution in [2.45, 2.75) is 19.2 Å². The fourth-order valence-electron chi connectivity index (χ4n) is 0.637. The van der Waals surface area contributed by atoms with E-state index in [0.29, 0.717) is 0 Å². The molecule has 0 radical (unpaired) electrons. The van der Waals surface area contributed by atoms with Crippen molar-refractivity contribution < 1.29 is 27.5 Å². The van der Waals surface area contributed by atoms with Crippen molar-refractivity contribution >= 4 is 5.91 Å². The molecule has 0 aromatic rings. The molecule has 0 N–H and O–H groups in total. The predicted molar refractivity (Wildman–Crippen MR) is 41.2 cm³/mol. The molecule has 0 saturated carbocycles. The Bertz CT molecular complexity index is 195. The summed E-state index contributed by atoms with van der Waals surface area (Å²) in [5.74, 6) is -0.670. The van der Waals surface area contributed by atoms with Crippen LogP contribution in [0.25, 0.3) is 0 Å². The monoisotopic (exact) mass is 215 g/mol. The Morgan fingerprint density at radius 2 is 2.00 bits per heavy atom. The zero-order valence-electron chi connectivity index (χ0n) is 8.09. The molecule has 1 amide bonds. The van der Waals surface area contributed by atoms with Crippen molar-refractivity contribution in [2.24, 2.45) is 0 Å². The minimum absolute atomic E-state index is 0.670. The molecule has 4 nitrogen and oxygen atoms in total. The number of amides is 1. The Kier molecular flexibility index (Phi) is 4.86. The number of rotatable bonds is 4. The summed E-state index contributed by atoms with van der Waals surface area (Å²) in [6.45, 7) is -0.221. The van der Waals surface area contributed by atoms with Gasteiger partial charge in [0.1, 0.15) is 12.7 Å². The van der Waals surface area contributed by atoms with Crippen LogP contribution in [-0.4, -0.2) is 44.0 Å². The van der Waals surface area contributed by atoms with Crippen LogP contribution < -0.4 is 0 Å². The third kappa shape index (κ3) is 5.03. The quantitative estimate of drug-likeness (QED) is 0.656. The predicted octanol–water partition coefficient (Wildman–Crippen LogP) is 0.974. The molecule has 0 saturated heterocycles. The van der Waals surface area contributed by atoms with Gasteiger partial charge in [-0.1, -0.05) is 0 Å². The molecule has 14 heavy (non-hydrogen) atoms. The van der Waals surface area contributed by atoms with E-state index in [4.69, 9.17) is 0 Å². The smallest absolute Gasteiger partial charge is 0.359 e. The number of likely N-dealkylation sites (N-methyl/N-ethyl adjacent to an activating group) is 1. The second-order valence-electron chi connectivity index (χ2n) is 2.59. The molecular formula is C7H12F3NO3. The first-order valence-corrected chi connectivity index (χ1v) is 3.78. The lowest BCUT2D eigenvalue weighted by molar-refractivity contribution is -0.201. The zero-order valence-corrected chi connectivity index (χ0v) is 8.09. The number of carbonyl (C=O) groups is 1. The molecular weight excluding hydrogens is 203 g/mol. The topological polar surface area (TPSA) is 38.8 Å². The fourth-order valence-corrected chi connectivity index (χ4v) is 0.637. The summed E-state index contributed by atoms with van der Waals surface area (Å²) in [6.07, 6.45) is -5.61. The highest BCUT2D eigenvalue weighted by molar-refractivity contribution is 5.79. The molecule has 0 bridgehead atoms. The van der Waals surface area contributed by atoms with Crippen molar-refractivity contribution in [3.05, 3.63) is 0 Å². The van der Waals surface area contributed by atoms with Crippen LogP contribution in [0.2, 0.25) is 0 Å². The number of halogens is 3. The number of alkyl halides is 3. The van der Waals surface area contributed by atoms with Crippen molar-refractivity contribution in [1.29, 1.82) is 0 Å². The number of ether oxygens (including phenoxy) is 1. The van der Waals surface area contributed by atoms with E-state index in [2.05, 4.69) is 9.57 Å². The van der Waals surface area contributed by atoms with Crippen LogP contribution in [-0.2, 0) is 14.4 Å². The number of nitrogens with zero attached hydrogens (tertiary/aromatic N) is 1. The van der Waals surface area contributed by atoms with E-state index in [1.807, 2.05) is 0 Å². The molecule has 0 aliphatic rings. The largest absolute Gasteiger partial charge is 0.411 e. The van der Waals surface area contributed by atoms with E-state index in [1.165, 1.54) is 21.1 Å². The first-order chi connectivity index (χ1) is 6.28. The highest BCUT2D eigenvalue weighted by atomic mass is 19.4. The normalized spacial score (nSPS) is 13.9. The van der Waals surface area contributed by atoms with Crippen LogP contribution in [0.15, 0.2) is 0 Å². The van der Waals surface area contributed by atoms with Crippen LogP contribution in [0.4, 0.5) is 13.2 Å². The van der Waals surface area contributed by atoms with Gasteiger partial charge in [0.05, 0.1) is 7.11 Å². The molecule has 0 aromatic carbocycles. The van der Waals surface area contributed by atoms with E-state index < -0.39 is 24.8 Å². The van der Waals surface area contributed by atoms with E-state index in [0.717, 1.165) is 5.06 Å². The number of hydroxylamine groups is 2. The molecule has 0 heterocycles. The van der Waals surface area contributed by atoms with Crippen molar-refractivity contribution in [1.82, 2.24) is 5.06 Å². The fraction of sp³-hybridized carbons (Fsp3) is 0.857. The molecule has 0 aliphatic carbocycles. The maximum atomic E-state index is 11.7. The molecule has 1 atom stereocenters. The molecule has 0 aliphatic heterocycles. The first-order valence-electron chi connectivity index (χ1n) is 3.78. The number of carbonyl (C=O) groups excluding carboxylic acids is 1. The minimum atomic E-state index is -4.43. The zero-order chi connectivity index (χ0) is 11.4. The van der Waals surface area contributed by atoms with Gasteiger partial charge in [-0.3, -0.25) is 9.63 Å². The molecule has 0 spiro atoms. The van der Waals surface area contributed by atoms with E-state index in [9.17, 15) is 18.0 Å². The van der Waals surface area contributed by atoms with Gasteiger partial charge in [0.25, 0.3) is 5.91 Å². The van der Waals surface area contributed by atoms with Crippen LogP contribution in [0.1, 0.15) is 6.92 Å². The Morgan fingerprint density at radius 3 is 2.36 bits per heavy atom. The summed E-state index contributed by atoms with van der Waals surface area (Å²) < 4.78 is 39.3. The lowest BCUT2D eigenvalue weighted by atomic mass is 10.4. The molecule has 0 aromatic heterocycles. The van der Waals surface area contributed by atoms with E-state index in [-0.39, 0.29) is 0 Å². The van der Waals surface area contributed by atoms with Crippen LogP contribution in [0, 0.1) is 0 Å². The molecule has 0 rings (SSSR count). The van der Waals surface area contributed by atoms with Crippen molar-refractivity contribution in [2.75, 3.05) is 20.8 Å². The van der Waals surface area contributed by atoms with Crippen LogP contribution in [0.3, 0.4) is 0 Å². The Hall–Kier alpha value is -0.820. The molecule has 0 fully saturated rings. The summed E-state index contributed by atoms with van der Waals surface area (Å²) in [5, 5.41) is 0.807. The Balaban J connectivity index is 3.97. The Labute approximate surface area is 79.5 Å². The second-order valence-corrected chi connectivity index (χ2v) is 2.59. The van der Waals surface area contributed by atoms with Gasteiger partial charge < -0.3 is 4.74 Å². The molecule has 0 unspecified atom stereocenters. The second kappa shape index (κ2) is 5.16. The van der Waals surface area contributed by atoms with Crippen molar-refractivity contribution in [3.63, 3.8) is 0 Å². The van der Waals surface area contributed by atoms with E-state index >= 15 is 0 Å². The molecule has 84 valence electrons. The Morgan fingerprint density at radius 1 is 1.50 bits per heavy atom. The van der Waals surface area contributed by atoms with Crippen molar-refractivity contribution in [3.8, 4) is 0 Å². The van der Waals surface area contributed by atoms with Gasteiger partial charge in [0, 0.05) is 7.05 Å². The average Bonchev–Trinajstić information content (AvgIpc) is 2.10. The maximum absolute atomic E-state index is 11.7. The number of hydrogen-bond acceptors (Lipinski definition) is 3. The first kappa shape index (κ1) is 13.2. The van der Waals surface area contributed by atoms with Crippen LogP contribution >= 0.6 is 0 Å². The molecule has 7 heteroatoms. The van der Waals surface area contributed by atoms with Crippen LogP contribution in [0.5, 0.6) is 0 Å². The lowest BCUT2D eigenvalue weighted by Gasteiger charge is -2.19. The third-order valence-electron chi connectivity index (χ3n) is 1.43. The summed E-state index contributed by atoms with van der Waals surface area (Å²) in [7, 11) is 2.52. The highest BCUT2D eigenvalue weighted by Crippen LogP contribution is 2.15. The number of hydrogen-bond donors (Lipinski definition) is 0. The van der Waals surface area contributed by atoms with Gasteiger partial charge in [0.2, 0.25) is 0 Å². The standard InChI is InChI=1S/C7H12F3NO3/c1-5(6(12)11(2)13-3)14-4-7(8,9)10/h5H,4H2,1-3H3/t5-/m1/s1. The SMILES string of the molecule is CON(C)C(=O)[C@@H](C)OCC(F)(F)F.